The lowest BCUT2D eigenvalue weighted by Crippen LogP contribution is -2.42. The van der Waals surface area contributed by atoms with Gasteiger partial charge < -0.3 is 19.4 Å². The van der Waals surface area contributed by atoms with Gasteiger partial charge in [-0.25, -0.2) is 0 Å². The highest BCUT2D eigenvalue weighted by Crippen LogP contribution is 2.40. The van der Waals surface area contributed by atoms with E-state index in [1.165, 1.54) is 12.1 Å². The molecule has 5 rings (SSSR count). The van der Waals surface area contributed by atoms with Gasteiger partial charge in [-0.3, -0.25) is 20.0 Å². The van der Waals surface area contributed by atoms with E-state index in [9.17, 15) is 10.1 Å². The van der Waals surface area contributed by atoms with Crippen LogP contribution in [0.4, 0.5) is 5.69 Å². The van der Waals surface area contributed by atoms with Gasteiger partial charge in [0, 0.05) is 50.1 Å². The van der Waals surface area contributed by atoms with Crippen molar-refractivity contribution in [2.75, 3.05) is 39.4 Å². The maximum atomic E-state index is 11.2. The molecule has 3 aromatic rings. The van der Waals surface area contributed by atoms with Crippen LogP contribution in [0.5, 0.6) is 0 Å². The van der Waals surface area contributed by atoms with Crippen molar-refractivity contribution in [3.8, 4) is 11.3 Å². The van der Waals surface area contributed by atoms with E-state index < -0.39 is 4.92 Å². The van der Waals surface area contributed by atoms with E-state index in [1.807, 2.05) is 30.3 Å². The zero-order valence-corrected chi connectivity index (χ0v) is 19.3. The molecule has 34 heavy (non-hydrogen) atoms. The molecule has 1 N–H and O–H groups in total. The van der Waals surface area contributed by atoms with E-state index >= 15 is 0 Å². The number of ether oxygens (including phenoxy) is 1. The van der Waals surface area contributed by atoms with Gasteiger partial charge in [-0.1, -0.05) is 18.2 Å². The van der Waals surface area contributed by atoms with E-state index in [0.29, 0.717) is 16.4 Å². The fraction of sp³-hybridized carbons (Fsp3) is 0.333. The van der Waals surface area contributed by atoms with E-state index in [0.717, 1.165) is 50.8 Å². The number of rotatable bonds is 7. The third kappa shape index (κ3) is 4.65. The largest absolute Gasteiger partial charge is 0.459 e. The molecule has 9 nitrogen and oxygen atoms in total. The summed E-state index contributed by atoms with van der Waals surface area (Å²) in [6, 6.07) is 15.7. The molecule has 0 spiro atoms. The minimum atomic E-state index is -0.406. The van der Waals surface area contributed by atoms with Crippen molar-refractivity contribution in [3.05, 3.63) is 82.4 Å². The first-order chi connectivity index (χ1) is 16.6. The van der Waals surface area contributed by atoms with Crippen LogP contribution in [0.15, 0.2) is 65.2 Å². The first-order valence-electron chi connectivity index (χ1n) is 11.2. The molecular formula is C24H25N5O4S. The van der Waals surface area contributed by atoms with Crippen molar-refractivity contribution >= 4 is 23.0 Å². The summed E-state index contributed by atoms with van der Waals surface area (Å²) in [4.78, 5) is 19.9. The second-order valence-electron chi connectivity index (χ2n) is 8.28. The van der Waals surface area contributed by atoms with Crippen LogP contribution in [-0.2, 0) is 4.74 Å². The average molecular weight is 480 g/mol. The molecule has 176 valence electrons. The Balaban J connectivity index is 1.45. The molecule has 2 aromatic heterocycles. The van der Waals surface area contributed by atoms with Crippen LogP contribution in [0.1, 0.15) is 23.5 Å². The number of pyridine rings is 1. The summed E-state index contributed by atoms with van der Waals surface area (Å²) in [5.74, 6) is 1.30. The molecule has 0 saturated carbocycles. The van der Waals surface area contributed by atoms with E-state index in [4.69, 9.17) is 21.4 Å². The number of thiocarbonyl (C=S) groups is 1. The maximum absolute atomic E-state index is 11.2. The minimum absolute atomic E-state index is 0.0256. The first kappa shape index (κ1) is 22.5. The van der Waals surface area contributed by atoms with Gasteiger partial charge in [0.25, 0.3) is 5.69 Å². The monoisotopic (exact) mass is 479 g/mol. The van der Waals surface area contributed by atoms with Gasteiger partial charge in [0.15, 0.2) is 5.11 Å². The summed E-state index contributed by atoms with van der Waals surface area (Å²) >= 11 is 5.73. The molecule has 2 fully saturated rings. The second kappa shape index (κ2) is 9.88. The zero-order chi connectivity index (χ0) is 23.5. The predicted octanol–water partition coefficient (Wildman–Crippen LogP) is 3.55. The van der Waals surface area contributed by atoms with E-state index in [-0.39, 0.29) is 17.8 Å². The standard InChI is InChI=1S/C24H25N5O4S/c30-29(31)18-5-3-4-17(16-18)20-7-8-21(33-20)23-22(19-6-1-2-9-25-19)26-24(34)28(23)11-10-27-12-14-32-15-13-27/h1-9,16,22-23H,10-15H2,(H,26,34)/t22-,23+/m0/s1. The summed E-state index contributed by atoms with van der Waals surface area (Å²) < 4.78 is 11.8. The van der Waals surface area contributed by atoms with Gasteiger partial charge in [0.2, 0.25) is 0 Å². The van der Waals surface area contributed by atoms with Crippen molar-refractivity contribution in [3.63, 3.8) is 0 Å². The minimum Gasteiger partial charge on any atom is -0.459 e. The van der Waals surface area contributed by atoms with Crippen LogP contribution >= 0.6 is 12.2 Å². The van der Waals surface area contributed by atoms with Crippen molar-refractivity contribution in [2.45, 2.75) is 12.1 Å². The molecule has 0 unspecified atom stereocenters. The van der Waals surface area contributed by atoms with Crippen LogP contribution in [0.2, 0.25) is 0 Å². The summed E-state index contributed by atoms with van der Waals surface area (Å²) in [5.41, 5.74) is 1.55. The number of benzene rings is 1. The maximum Gasteiger partial charge on any atom is 0.270 e. The molecule has 1 aromatic carbocycles. The van der Waals surface area contributed by atoms with E-state index in [2.05, 4.69) is 20.1 Å². The van der Waals surface area contributed by atoms with Crippen molar-refractivity contribution in [1.82, 2.24) is 20.1 Å². The molecule has 4 heterocycles. The highest BCUT2D eigenvalue weighted by Gasteiger charge is 2.41. The second-order valence-corrected chi connectivity index (χ2v) is 8.67. The number of nitro benzene ring substituents is 1. The Bertz CT molecular complexity index is 1160. The molecule has 0 radical (unpaired) electrons. The lowest BCUT2D eigenvalue weighted by molar-refractivity contribution is -0.384. The summed E-state index contributed by atoms with van der Waals surface area (Å²) in [6.07, 6.45) is 1.77. The Labute approximate surface area is 202 Å². The molecule has 2 saturated heterocycles. The van der Waals surface area contributed by atoms with Gasteiger partial charge in [0.1, 0.15) is 17.6 Å². The zero-order valence-electron chi connectivity index (χ0n) is 18.5. The van der Waals surface area contributed by atoms with Crippen LogP contribution in [0.3, 0.4) is 0 Å². The number of hydrogen-bond donors (Lipinski definition) is 1. The molecule has 0 aliphatic carbocycles. The quantitative estimate of drug-likeness (QED) is 0.310. The Hall–Kier alpha value is -3.34. The van der Waals surface area contributed by atoms with Crippen molar-refractivity contribution in [2.24, 2.45) is 0 Å². The highest BCUT2D eigenvalue weighted by molar-refractivity contribution is 7.80. The number of nitro groups is 1. The van der Waals surface area contributed by atoms with Gasteiger partial charge in [0.05, 0.1) is 29.9 Å². The Morgan fingerprint density at radius 3 is 2.74 bits per heavy atom. The van der Waals surface area contributed by atoms with E-state index in [1.54, 1.807) is 18.3 Å². The molecule has 0 bridgehead atoms. The number of nitrogens with one attached hydrogen (secondary N) is 1. The molecule has 2 aliphatic rings. The molecule has 2 aliphatic heterocycles. The Kier molecular flexibility index (Phi) is 6.52. The normalized spacial score (nSPS) is 20.9. The van der Waals surface area contributed by atoms with Gasteiger partial charge in [-0.2, -0.15) is 0 Å². The SMILES string of the molecule is O=[N+]([O-])c1cccc(-c2ccc([C@@H]3[C@H](c4ccccn4)NC(=S)N3CCN3CCOCC3)o2)c1. The van der Waals surface area contributed by atoms with Gasteiger partial charge in [-0.15, -0.1) is 0 Å². The number of aromatic nitrogens is 1. The number of furan rings is 1. The van der Waals surface area contributed by atoms with Crippen LogP contribution in [-0.4, -0.2) is 64.2 Å². The number of non-ortho nitro benzene ring substituents is 1. The average Bonchev–Trinajstić information content (AvgIpc) is 3.48. The highest BCUT2D eigenvalue weighted by atomic mass is 32.1. The van der Waals surface area contributed by atoms with Crippen molar-refractivity contribution < 1.29 is 14.1 Å². The lowest BCUT2D eigenvalue weighted by Gasteiger charge is -2.31. The summed E-state index contributed by atoms with van der Waals surface area (Å²) in [7, 11) is 0. The molecule has 2 atom stereocenters. The number of nitrogens with zero attached hydrogens (tertiary/aromatic N) is 4. The smallest absolute Gasteiger partial charge is 0.270 e. The lowest BCUT2D eigenvalue weighted by atomic mass is 10.0. The van der Waals surface area contributed by atoms with Crippen molar-refractivity contribution in [1.29, 1.82) is 0 Å². The number of morpholine rings is 1. The fourth-order valence-electron chi connectivity index (χ4n) is 4.47. The molecule has 0 amide bonds. The predicted molar refractivity (Wildman–Crippen MR) is 130 cm³/mol. The third-order valence-corrected chi connectivity index (χ3v) is 6.57. The summed E-state index contributed by atoms with van der Waals surface area (Å²) in [6.45, 7) is 4.88. The summed E-state index contributed by atoms with van der Waals surface area (Å²) in [5, 5.41) is 15.3. The molecular weight excluding hydrogens is 454 g/mol. The number of hydrogen-bond acceptors (Lipinski definition) is 7. The van der Waals surface area contributed by atoms with Gasteiger partial charge >= 0.3 is 0 Å². The third-order valence-electron chi connectivity index (χ3n) is 6.22. The van der Waals surface area contributed by atoms with Crippen LogP contribution in [0.25, 0.3) is 11.3 Å². The van der Waals surface area contributed by atoms with Crippen LogP contribution in [0, 0.1) is 10.1 Å². The fourth-order valence-corrected chi connectivity index (χ4v) is 4.80. The Morgan fingerprint density at radius 2 is 1.97 bits per heavy atom. The first-order valence-corrected chi connectivity index (χ1v) is 11.6. The van der Waals surface area contributed by atoms with Gasteiger partial charge in [-0.05, 0) is 36.5 Å². The molecule has 10 heteroatoms. The van der Waals surface area contributed by atoms with Crippen LogP contribution < -0.4 is 5.32 Å². The Morgan fingerprint density at radius 1 is 1.12 bits per heavy atom. The topological polar surface area (TPSA) is 96.9 Å².